The van der Waals surface area contributed by atoms with Crippen LogP contribution in [0, 0.1) is 0 Å². The molecule has 35 heavy (non-hydrogen) atoms. The lowest BCUT2D eigenvalue weighted by molar-refractivity contribution is -0.137. The molecule has 2 aromatic carbocycles. The standard InChI is InChI=1S/C23H17ClF3N5O2S/c1-34-17-5-3-16(4-6-17)32-21(14-8-10-28-11-9-14)30-31-22(32)35-13-20(33)29-19-12-15(23(25,26)27)2-7-18(19)24/h2-12H,13H2,1H3,(H,29,33). The van der Waals surface area contributed by atoms with Crippen LogP contribution in [-0.4, -0.2) is 38.5 Å². The van der Waals surface area contributed by atoms with Gasteiger partial charge in [-0.2, -0.15) is 13.2 Å². The first kappa shape index (κ1) is 24.6. The van der Waals surface area contributed by atoms with Crippen molar-refractivity contribution in [2.75, 3.05) is 18.2 Å². The summed E-state index contributed by atoms with van der Waals surface area (Å²) in [6, 6.07) is 13.5. The molecule has 2 aromatic heterocycles. The molecule has 1 amide bonds. The van der Waals surface area contributed by atoms with Gasteiger partial charge in [-0.3, -0.25) is 14.3 Å². The molecule has 0 radical (unpaired) electrons. The Morgan fingerprint density at radius 3 is 2.46 bits per heavy atom. The summed E-state index contributed by atoms with van der Waals surface area (Å²) in [5.41, 5.74) is 0.453. The van der Waals surface area contributed by atoms with Crippen molar-refractivity contribution in [3.8, 4) is 22.8 Å². The molecule has 1 N–H and O–H groups in total. The summed E-state index contributed by atoms with van der Waals surface area (Å²) in [7, 11) is 1.56. The zero-order valence-electron chi connectivity index (χ0n) is 18.1. The fourth-order valence-electron chi connectivity index (χ4n) is 3.13. The highest BCUT2D eigenvalue weighted by Gasteiger charge is 2.31. The Hall–Kier alpha value is -3.57. The fraction of sp³-hybridized carbons (Fsp3) is 0.130. The first-order valence-corrected chi connectivity index (χ1v) is 11.4. The van der Waals surface area contributed by atoms with Crippen LogP contribution in [0.2, 0.25) is 5.02 Å². The first-order valence-electron chi connectivity index (χ1n) is 10.1. The molecule has 0 aliphatic rings. The van der Waals surface area contributed by atoms with E-state index < -0.39 is 17.6 Å². The Labute approximate surface area is 207 Å². The van der Waals surface area contributed by atoms with E-state index in [1.807, 2.05) is 12.1 Å². The second kappa shape index (κ2) is 10.4. The average Bonchev–Trinajstić information content (AvgIpc) is 3.28. The Morgan fingerprint density at radius 1 is 1.09 bits per heavy atom. The molecule has 0 atom stereocenters. The van der Waals surface area contributed by atoms with Crippen molar-refractivity contribution in [1.29, 1.82) is 0 Å². The van der Waals surface area contributed by atoms with Gasteiger partial charge in [0.25, 0.3) is 0 Å². The number of halogens is 4. The maximum atomic E-state index is 13.0. The van der Waals surface area contributed by atoms with E-state index in [2.05, 4.69) is 20.5 Å². The second-order valence-electron chi connectivity index (χ2n) is 7.10. The van der Waals surface area contributed by atoms with E-state index in [-0.39, 0.29) is 16.5 Å². The van der Waals surface area contributed by atoms with Crippen molar-refractivity contribution < 1.29 is 22.7 Å². The van der Waals surface area contributed by atoms with Crippen molar-refractivity contribution in [1.82, 2.24) is 19.7 Å². The molecule has 0 spiro atoms. The smallest absolute Gasteiger partial charge is 0.416 e. The second-order valence-corrected chi connectivity index (χ2v) is 8.45. The number of benzene rings is 2. The number of thioether (sulfide) groups is 1. The third-order valence-electron chi connectivity index (χ3n) is 4.80. The zero-order chi connectivity index (χ0) is 25.0. The minimum atomic E-state index is -4.56. The summed E-state index contributed by atoms with van der Waals surface area (Å²) in [6.45, 7) is 0. The lowest BCUT2D eigenvalue weighted by atomic mass is 10.2. The Bertz CT molecular complexity index is 1330. The number of methoxy groups -OCH3 is 1. The Kier molecular flexibility index (Phi) is 7.27. The minimum Gasteiger partial charge on any atom is -0.497 e. The fourth-order valence-corrected chi connectivity index (χ4v) is 4.05. The van der Waals surface area contributed by atoms with Crippen LogP contribution in [0.5, 0.6) is 5.75 Å². The largest absolute Gasteiger partial charge is 0.497 e. The van der Waals surface area contributed by atoms with Gasteiger partial charge in [-0.25, -0.2) is 0 Å². The van der Waals surface area contributed by atoms with Gasteiger partial charge in [0.15, 0.2) is 11.0 Å². The van der Waals surface area contributed by atoms with Crippen molar-refractivity contribution in [3.63, 3.8) is 0 Å². The van der Waals surface area contributed by atoms with Gasteiger partial charge in [-0.1, -0.05) is 23.4 Å². The maximum absolute atomic E-state index is 13.0. The van der Waals surface area contributed by atoms with Gasteiger partial charge in [0, 0.05) is 23.6 Å². The number of hydrogen-bond acceptors (Lipinski definition) is 6. The van der Waals surface area contributed by atoms with Crippen molar-refractivity contribution in [2.45, 2.75) is 11.3 Å². The number of carbonyl (C=O) groups excluding carboxylic acids is 1. The lowest BCUT2D eigenvalue weighted by Gasteiger charge is -2.12. The molecular formula is C23H17ClF3N5O2S. The van der Waals surface area contributed by atoms with Gasteiger partial charge in [0.1, 0.15) is 5.75 Å². The first-order chi connectivity index (χ1) is 16.8. The highest BCUT2D eigenvalue weighted by atomic mass is 35.5. The molecule has 4 rings (SSSR count). The van der Waals surface area contributed by atoms with E-state index in [0.717, 1.165) is 41.2 Å². The van der Waals surface area contributed by atoms with E-state index in [0.29, 0.717) is 16.7 Å². The van der Waals surface area contributed by atoms with Crippen LogP contribution in [0.4, 0.5) is 18.9 Å². The van der Waals surface area contributed by atoms with Gasteiger partial charge in [-0.15, -0.1) is 10.2 Å². The molecule has 0 saturated carbocycles. The molecular weight excluding hydrogens is 503 g/mol. The predicted octanol–water partition coefficient (Wildman–Crippen LogP) is 5.74. The Balaban J connectivity index is 1.58. The minimum absolute atomic E-state index is 0.00211. The SMILES string of the molecule is COc1ccc(-n2c(SCC(=O)Nc3cc(C(F)(F)F)ccc3Cl)nnc2-c2ccncc2)cc1. The number of rotatable bonds is 7. The van der Waals surface area contributed by atoms with Crippen molar-refractivity contribution in [2.24, 2.45) is 0 Å². The number of anilines is 1. The quantitative estimate of drug-likeness (QED) is 0.313. The normalized spacial score (nSPS) is 11.3. The molecule has 0 fully saturated rings. The number of carbonyl (C=O) groups is 1. The van der Waals surface area contributed by atoms with Crippen LogP contribution in [0.25, 0.3) is 17.1 Å². The topological polar surface area (TPSA) is 81.9 Å². The third-order valence-corrected chi connectivity index (χ3v) is 6.06. The van der Waals surface area contributed by atoms with Gasteiger partial charge in [0.2, 0.25) is 5.91 Å². The van der Waals surface area contributed by atoms with E-state index >= 15 is 0 Å². The van der Waals surface area contributed by atoms with Crippen LogP contribution in [0.1, 0.15) is 5.56 Å². The van der Waals surface area contributed by atoms with Crippen LogP contribution in [-0.2, 0) is 11.0 Å². The number of aromatic nitrogens is 4. The summed E-state index contributed by atoms with van der Waals surface area (Å²) in [5.74, 6) is 0.503. The summed E-state index contributed by atoms with van der Waals surface area (Å²) in [6.07, 6.45) is -1.31. The summed E-state index contributed by atoms with van der Waals surface area (Å²) >= 11 is 7.05. The monoisotopic (exact) mass is 519 g/mol. The highest BCUT2D eigenvalue weighted by Crippen LogP contribution is 2.34. The molecule has 0 saturated heterocycles. The number of ether oxygens (including phenoxy) is 1. The maximum Gasteiger partial charge on any atom is 0.416 e. The van der Waals surface area contributed by atoms with E-state index in [1.54, 1.807) is 48.3 Å². The van der Waals surface area contributed by atoms with Crippen LogP contribution in [0.15, 0.2) is 72.1 Å². The van der Waals surface area contributed by atoms with Gasteiger partial charge < -0.3 is 10.1 Å². The number of hydrogen-bond donors (Lipinski definition) is 1. The van der Waals surface area contributed by atoms with Crippen LogP contribution < -0.4 is 10.1 Å². The summed E-state index contributed by atoms with van der Waals surface area (Å²) in [5, 5.41) is 11.3. The molecule has 0 aliphatic carbocycles. The predicted molar refractivity (Wildman–Crippen MR) is 127 cm³/mol. The van der Waals surface area contributed by atoms with E-state index in [4.69, 9.17) is 16.3 Å². The molecule has 2 heterocycles. The molecule has 0 unspecified atom stereocenters. The number of nitrogens with zero attached hydrogens (tertiary/aromatic N) is 4. The molecule has 180 valence electrons. The average molecular weight is 520 g/mol. The van der Waals surface area contributed by atoms with Crippen LogP contribution >= 0.6 is 23.4 Å². The van der Waals surface area contributed by atoms with Gasteiger partial charge >= 0.3 is 6.18 Å². The highest BCUT2D eigenvalue weighted by molar-refractivity contribution is 7.99. The van der Waals surface area contributed by atoms with Crippen molar-refractivity contribution >= 4 is 35.0 Å². The lowest BCUT2D eigenvalue weighted by Crippen LogP contribution is -2.16. The van der Waals surface area contributed by atoms with Crippen LogP contribution in [0.3, 0.4) is 0 Å². The van der Waals surface area contributed by atoms with E-state index in [9.17, 15) is 18.0 Å². The number of amides is 1. The van der Waals surface area contributed by atoms with E-state index in [1.165, 1.54) is 0 Å². The number of alkyl halides is 3. The Morgan fingerprint density at radius 2 is 1.80 bits per heavy atom. The molecule has 0 bridgehead atoms. The molecule has 4 aromatic rings. The summed E-state index contributed by atoms with van der Waals surface area (Å²) in [4.78, 5) is 16.6. The molecule has 7 nitrogen and oxygen atoms in total. The van der Waals surface area contributed by atoms with Crippen molar-refractivity contribution in [3.05, 3.63) is 77.6 Å². The summed E-state index contributed by atoms with van der Waals surface area (Å²) < 4.78 is 46.0. The number of nitrogens with one attached hydrogen (secondary N) is 1. The molecule has 0 aliphatic heterocycles. The van der Waals surface area contributed by atoms with Gasteiger partial charge in [0.05, 0.1) is 29.1 Å². The number of pyridine rings is 1. The van der Waals surface area contributed by atoms with Gasteiger partial charge in [-0.05, 0) is 54.6 Å². The third kappa shape index (κ3) is 5.75. The zero-order valence-corrected chi connectivity index (χ0v) is 19.7. The molecule has 12 heteroatoms.